The summed E-state index contributed by atoms with van der Waals surface area (Å²) in [5, 5.41) is 2.66. The third-order valence-electron chi connectivity index (χ3n) is 3.85. The Bertz CT molecular complexity index is 530. The van der Waals surface area contributed by atoms with Gasteiger partial charge in [0.15, 0.2) is 0 Å². The van der Waals surface area contributed by atoms with Crippen LogP contribution in [0.4, 0.5) is 0 Å². The van der Waals surface area contributed by atoms with E-state index in [9.17, 15) is 0 Å². The number of unbranched alkanes of at least 4 members (excludes halogenated alkanes) is 4. The molecular formula is C19H26O. The van der Waals surface area contributed by atoms with E-state index in [0.717, 1.165) is 0 Å². The van der Waals surface area contributed by atoms with Gasteiger partial charge in [-0.2, -0.15) is 0 Å². The fraction of sp³-hybridized carbons (Fsp3) is 0.474. The number of aryl methyl sites for hydroxylation is 1. The highest BCUT2D eigenvalue weighted by Crippen LogP contribution is 2.20. The summed E-state index contributed by atoms with van der Waals surface area (Å²) in [6.07, 6.45) is 7.95. The molecule has 0 aromatic heterocycles. The van der Waals surface area contributed by atoms with Crippen molar-refractivity contribution in [2.75, 3.05) is 7.11 Å². The highest BCUT2D eigenvalue weighted by molar-refractivity contribution is 5.83. The molecule has 1 heteroatoms. The van der Waals surface area contributed by atoms with Crippen molar-refractivity contribution in [2.45, 2.75) is 52.1 Å². The molecule has 0 aliphatic heterocycles. The van der Waals surface area contributed by atoms with E-state index in [-0.39, 0.29) is 0 Å². The van der Waals surface area contributed by atoms with E-state index in [1.54, 1.807) is 7.11 Å². The number of rotatable bonds is 8. The fourth-order valence-corrected chi connectivity index (χ4v) is 2.69. The van der Waals surface area contributed by atoms with Crippen LogP contribution in [0.15, 0.2) is 36.4 Å². The van der Waals surface area contributed by atoms with Gasteiger partial charge in [-0.15, -0.1) is 0 Å². The summed E-state index contributed by atoms with van der Waals surface area (Å²) in [6.45, 7) is 2.95. The Labute approximate surface area is 123 Å². The molecule has 0 unspecified atom stereocenters. The van der Waals surface area contributed by atoms with Crippen LogP contribution in [0, 0.1) is 0 Å². The molecule has 0 radical (unpaired) electrons. The maximum Gasteiger partial charge on any atom is 0.0713 e. The lowest BCUT2D eigenvalue weighted by molar-refractivity contribution is 0.185. The number of ether oxygens (including phenoxy) is 1. The fourth-order valence-electron chi connectivity index (χ4n) is 2.69. The van der Waals surface area contributed by atoms with Crippen molar-refractivity contribution in [1.82, 2.24) is 0 Å². The van der Waals surface area contributed by atoms with Crippen molar-refractivity contribution < 1.29 is 4.74 Å². The quantitative estimate of drug-likeness (QED) is 0.575. The van der Waals surface area contributed by atoms with Crippen LogP contribution in [-0.2, 0) is 17.8 Å². The topological polar surface area (TPSA) is 9.23 Å². The SMILES string of the molecule is CCCCCCCc1ccc2cc(COC)ccc2c1. The Morgan fingerprint density at radius 2 is 1.45 bits per heavy atom. The lowest BCUT2D eigenvalue weighted by Crippen LogP contribution is -1.89. The summed E-state index contributed by atoms with van der Waals surface area (Å²) in [7, 11) is 1.74. The summed E-state index contributed by atoms with van der Waals surface area (Å²) >= 11 is 0. The molecule has 0 amide bonds. The molecule has 2 aromatic rings. The monoisotopic (exact) mass is 270 g/mol. The van der Waals surface area contributed by atoms with Crippen molar-refractivity contribution in [1.29, 1.82) is 0 Å². The van der Waals surface area contributed by atoms with E-state index >= 15 is 0 Å². The number of hydrogen-bond donors (Lipinski definition) is 0. The van der Waals surface area contributed by atoms with E-state index in [2.05, 4.69) is 43.3 Å². The zero-order valence-electron chi connectivity index (χ0n) is 12.8. The summed E-state index contributed by atoms with van der Waals surface area (Å²) in [4.78, 5) is 0. The first-order chi connectivity index (χ1) is 9.83. The van der Waals surface area contributed by atoms with Gasteiger partial charge in [-0.1, -0.05) is 62.9 Å². The predicted molar refractivity (Wildman–Crippen MR) is 87.1 cm³/mol. The van der Waals surface area contributed by atoms with E-state index in [0.29, 0.717) is 6.61 Å². The average Bonchev–Trinajstić information content (AvgIpc) is 2.47. The minimum absolute atomic E-state index is 0.690. The smallest absolute Gasteiger partial charge is 0.0713 e. The number of benzene rings is 2. The van der Waals surface area contributed by atoms with E-state index in [1.165, 1.54) is 60.4 Å². The molecule has 0 N–H and O–H groups in total. The third kappa shape index (κ3) is 4.35. The average molecular weight is 270 g/mol. The molecule has 2 rings (SSSR count). The molecule has 0 atom stereocenters. The van der Waals surface area contributed by atoms with E-state index in [1.807, 2.05) is 0 Å². The lowest BCUT2D eigenvalue weighted by Gasteiger charge is -2.06. The molecule has 0 saturated carbocycles. The Kier molecular flexibility index (Phi) is 6.07. The molecule has 0 bridgehead atoms. The molecule has 0 spiro atoms. The minimum atomic E-state index is 0.690. The minimum Gasteiger partial charge on any atom is -0.380 e. The van der Waals surface area contributed by atoms with Gasteiger partial charge in [-0.05, 0) is 40.8 Å². The summed E-state index contributed by atoms with van der Waals surface area (Å²) in [5.41, 5.74) is 2.71. The van der Waals surface area contributed by atoms with Gasteiger partial charge in [-0.25, -0.2) is 0 Å². The zero-order valence-corrected chi connectivity index (χ0v) is 12.8. The normalized spacial score (nSPS) is 11.1. The van der Waals surface area contributed by atoms with Crippen molar-refractivity contribution in [2.24, 2.45) is 0 Å². The van der Waals surface area contributed by atoms with Crippen LogP contribution in [0.2, 0.25) is 0 Å². The largest absolute Gasteiger partial charge is 0.380 e. The van der Waals surface area contributed by atoms with Crippen LogP contribution in [0.5, 0.6) is 0 Å². The third-order valence-corrected chi connectivity index (χ3v) is 3.85. The standard InChI is InChI=1S/C19H26O/c1-3-4-5-6-7-8-16-9-11-19-14-17(15-20-2)10-12-18(19)13-16/h9-14H,3-8,15H2,1-2H3. The number of fused-ring (bicyclic) bond motifs is 1. The van der Waals surface area contributed by atoms with Crippen molar-refractivity contribution in [3.8, 4) is 0 Å². The summed E-state index contributed by atoms with van der Waals surface area (Å²) < 4.78 is 5.19. The van der Waals surface area contributed by atoms with Gasteiger partial charge in [0.1, 0.15) is 0 Å². The molecule has 0 saturated heterocycles. The Hall–Kier alpha value is -1.34. The highest BCUT2D eigenvalue weighted by atomic mass is 16.5. The maximum atomic E-state index is 5.19. The van der Waals surface area contributed by atoms with Crippen molar-refractivity contribution in [3.63, 3.8) is 0 Å². The second-order valence-corrected chi connectivity index (χ2v) is 5.61. The second-order valence-electron chi connectivity index (χ2n) is 5.61. The molecule has 0 aliphatic carbocycles. The Morgan fingerprint density at radius 1 is 0.800 bits per heavy atom. The second kappa shape index (κ2) is 8.06. The molecule has 20 heavy (non-hydrogen) atoms. The van der Waals surface area contributed by atoms with Crippen LogP contribution in [-0.4, -0.2) is 7.11 Å². The van der Waals surface area contributed by atoms with E-state index < -0.39 is 0 Å². The Balaban J connectivity index is 1.97. The van der Waals surface area contributed by atoms with Gasteiger partial charge in [-0.3, -0.25) is 0 Å². The first-order valence-corrected chi connectivity index (χ1v) is 7.84. The van der Waals surface area contributed by atoms with Crippen LogP contribution in [0.1, 0.15) is 50.2 Å². The van der Waals surface area contributed by atoms with E-state index in [4.69, 9.17) is 4.74 Å². The van der Waals surface area contributed by atoms with Gasteiger partial charge >= 0.3 is 0 Å². The van der Waals surface area contributed by atoms with Crippen LogP contribution in [0.25, 0.3) is 10.8 Å². The van der Waals surface area contributed by atoms with Gasteiger partial charge < -0.3 is 4.74 Å². The lowest BCUT2D eigenvalue weighted by atomic mass is 10.0. The van der Waals surface area contributed by atoms with Crippen LogP contribution in [0.3, 0.4) is 0 Å². The van der Waals surface area contributed by atoms with Gasteiger partial charge in [0.25, 0.3) is 0 Å². The van der Waals surface area contributed by atoms with Gasteiger partial charge in [0, 0.05) is 7.11 Å². The van der Waals surface area contributed by atoms with Crippen molar-refractivity contribution >= 4 is 10.8 Å². The first-order valence-electron chi connectivity index (χ1n) is 7.84. The van der Waals surface area contributed by atoms with Gasteiger partial charge in [0.2, 0.25) is 0 Å². The van der Waals surface area contributed by atoms with Gasteiger partial charge in [0.05, 0.1) is 6.61 Å². The molecule has 2 aromatic carbocycles. The molecular weight excluding hydrogens is 244 g/mol. The number of methoxy groups -OCH3 is 1. The molecule has 1 nitrogen and oxygen atoms in total. The highest BCUT2D eigenvalue weighted by Gasteiger charge is 1.99. The maximum absolute atomic E-state index is 5.19. The summed E-state index contributed by atoms with van der Waals surface area (Å²) in [6, 6.07) is 13.5. The Morgan fingerprint density at radius 3 is 2.15 bits per heavy atom. The number of hydrogen-bond acceptors (Lipinski definition) is 1. The molecule has 108 valence electrons. The molecule has 0 heterocycles. The predicted octanol–water partition coefficient (Wildman–Crippen LogP) is 5.50. The molecule has 0 fully saturated rings. The van der Waals surface area contributed by atoms with Crippen LogP contribution >= 0.6 is 0 Å². The van der Waals surface area contributed by atoms with Crippen molar-refractivity contribution in [3.05, 3.63) is 47.5 Å². The molecule has 0 aliphatic rings. The van der Waals surface area contributed by atoms with Crippen LogP contribution < -0.4 is 0 Å². The zero-order chi connectivity index (χ0) is 14.2. The summed E-state index contributed by atoms with van der Waals surface area (Å²) in [5.74, 6) is 0. The first kappa shape index (κ1) is 15.1.